The Morgan fingerprint density at radius 1 is 1.43 bits per heavy atom. The zero-order valence-electron chi connectivity index (χ0n) is 12.6. The van der Waals surface area contributed by atoms with Gasteiger partial charge in [0.1, 0.15) is 0 Å². The number of hydrogen-bond acceptors (Lipinski definition) is 4. The Kier molecular flexibility index (Phi) is 3.63. The van der Waals surface area contributed by atoms with Gasteiger partial charge in [-0.15, -0.1) is 0 Å². The molecule has 112 valence electrons. The van der Waals surface area contributed by atoms with Crippen LogP contribution in [0.5, 0.6) is 0 Å². The fourth-order valence-electron chi connectivity index (χ4n) is 2.62. The van der Waals surface area contributed by atoms with E-state index < -0.39 is 17.5 Å². The number of hydrogen-bond donors (Lipinski definition) is 1. The molecule has 5 heteroatoms. The summed E-state index contributed by atoms with van der Waals surface area (Å²) in [6.45, 7) is 9.11. The van der Waals surface area contributed by atoms with E-state index in [1.54, 1.807) is 12.1 Å². The Hall–Kier alpha value is -2.14. The van der Waals surface area contributed by atoms with Gasteiger partial charge in [0.15, 0.2) is 0 Å². The number of anilines is 1. The third-order valence-electron chi connectivity index (χ3n) is 3.71. The van der Waals surface area contributed by atoms with E-state index >= 15 is 0 Å². The topological polar surface area (TPSA) is 66.8 Å². The van der Waals surface area contributed by atoms with Crippen LogP contribution in [0.2, 0.25) is 0 Å². The van der Waals surface area contributed by atoms with Gasteiger partial charge in [-0.1, -0.05) is 24.3 Å². The summed E-state index contributed by atoms with van der Waals surface area (Å²) in [5, 5.41) is 10.9. The molecule has 1 aromatic rings. The summed E-state index contributed by atoms with van der Waals surface area (Å²) in [5.41, 5.74) is -0.503. The highest BCUT2D eigenvalue weighted by Crippen LogP contribution is 2.45. The van der Waals surface area contributed by atoms with Crippen LogP contribution in [0.1, 0.15) is 25.0 Å². The van der Waals surface area contributed by atoms with E-state index in [9.17, 15) is 14.7 Å². The number of methoxy groups -OCH3 is 1. The van der Waals surface area contributed by atoms with Crippen LogP contribution in [0.3, 0.4) is 0 Å². The van der Waals surface area contributed by atoms with Gasteiger partial charge in [-0.05, 0) is 26.8 Å². The number of rotatable bonds is 3. The number of amides is 1. The van der Waals surface area contributed by atoms with Crippen LogP contribution in [0.15, 0.2) is 30.4 Å². The number of carbonyl (C=O) groups is 2. The van der Waals surface area contributed by atoms with E-state index in [1.807, 2.05) is 26.8 Å². The highest BCUT2D eigenvalue weighted by atomic mass is 16.5. The molecule has 0 saturated heterocycles. The molecular weight excluding hydrogens is 270 g/mol. The van der Waals surface area contributed by atoms with Gasteiger partial charge >= 0.3 is 5.97 Å². The monoisotopic (exact) mass is 289 g/mol. The molecule has 0 spiro atoms. The van der Waals surface area contributed by atoms with Crippen molar-refractivity contribution in [3.8, 4) is 0 Å². The maximum Gasteiger partial charge on any atom is 0.336 e. The molecule has 1 aliphatic rings. The maximum absolute atomic E-state index is 12.7. The summed E-state index contributed by atoms with van der Waals surface area (Å²) in [5.74, 6) is -1.38. The number of carbonyl (C=O) groups excluding carboxylic acids is 2. The molecule has 1 aromatic carbocycles. The molecular formula is C16H19NO4. The Balaban J connectivity index is 2.69. The average molecular weight is 289 g/mol. The minimum Gasteiger partial charge on any atom is -0.466 e. The molecule has 5 nitrogen and oxygen atoms in total. The summed E-state index contributed by atoms with van der Waals surface area (Å²) in [7, 11) is 1.19. The normalized spacial score (nSPS) is 20.7. The molecule has 0 aliphatic carbocycles. The van der Waals surface area contributed by atoms with Crippen molar-refractivity contribution in [3.63, 3.8) is 0 Å². The summed E-state index contributed by atoms with van der Waals surface area (Å²) >= 11 is 0. The molecule has 1 N–H and O–H groups in total. The lowest BCUT2D eigenvalue weighted by Crippen LogP contribution is -2.45. The number of benzene rings is 1. The second-order valence-electron chi connectivity index (χ2n) is 5.47. The predicted molar refractivity (Wildman–Crippen MR) is 78.9 cm³/mol. The first-order chi connectivity index (χ1) is 9.75. The molecule has 1 amide bonds. The van der Waals surface area contributed by atoms with Crippen LogP contribution in [-0.4, -0.2) is 30.1 Å². The zero-order valence-corrected chi connectivity index (χ0v) is 12.6. The molecule has 0 aromatic heterocycles. The first-order valence-electron chi connectivity index (χ1n) is 6.70. The lowest BCUT2D eigenvalue weighted by atomic mass is 9.87. The minimum atomic E-state index is -2.07. The highest BCUT2D eigenvalue weighted by Gasteiger charge is 2.54. The molecule has 21 heavy (non-hydrogen) atoms. The van der Waals surface area contributed by atoms with Crippen LogP contribution < -0.4 is 4.90 Å². The summed E-state index contributed by atoms with van der Waals surface area (Å²) in [6, 6.07) is 5.17. The van der Waals surface area contributed by atoms with Gasteiger partial charge in [0, 0.05) is 11.6 Å². The van der Waals surface area contributed by atoms with E-state index in [4.69, 9.17) is 0 Å². The average Bonchev–Trinajstić information content (AvgIpc) is 2.67. The second-order valence-corrected chi connectivity index (χ2v) is 5.47. The maximum atomic E-state index is 12.7. The fraction of sp³-hybridized carbons (Fsp3) is 0.375. The van der Waals surface area contributed by atoms with Gasteiger partial charge in [-0.2, -0.15) is 0 Å². The van der Waals surface area contributed by atoms with Crippen LogP contribution in [-0.2, 0) is 19.9 Å². The number of fused-ring (bicyclic) bond motifs is 1. The number of aryl methyl sites for hydroxylation is 1. The molecule has 2 rings (SSSR count). The van der Waals surface area contributed by atoms with E-state index in [-0.39, 0.29) is 11.6 Å². The highest BCUT2D eigenvalue weighted by molar-refractivity contribution is 6.14. The molecule has 0 radical (unpaired) electrons. The van der Waals surface area contributed by atoms with Crippen LogP contribution in [0.25, 0.3) is 0 Å². The summed E-state index contributed by atoms with van der Waals surface area (Å²) in [6.07, 6.45) is 0. The number of nitrogens with zero attached hydrogens (tertiary/aromatic N) is 1. The van der Waals surface area contributed by atoms with Crippen molar-refractivity contribution in [2.24, 2.45) is 0 Å². The molecule has 0 bridgehead atoms. The third-order valence-corrected chi connectivity index (χ3v) is 3.71. The van der Waals surface area contributed by atoms with Crippen molar-refractivity contribution in [1.29, 1.82) is 0 Å². The van der Waals surface area contributed by atoms with Gasteiger partial charge in [-0.3, -0.25) is 4.79 Å². The molecule has 0 saturated carbocycles. The van der Waals surface area contributed by atoms with Gasteiger partial charge in [0.2, 0.25) is 5.60 Å². The molecule has 1 atom stereocenters. The first-order valence-corrected chi connectivity index (χ1v) is 6.70. The van der Waals surface area contributed by atoms with Crippen molar-refractivity contribution < 1.29 is 19.4 Å². The van der Waals surface area contributed by atoms with E-state index in [1.165, 1.54) is 12.0 Å². The molecule has 1 heterocycles. The quantitative estimate of drug-likeness (QED) is 0.679. The van der Waals surface area contributed by atoms with E-state index in [2.05, 4.69) is 11.3 Å². The van der Waals surface area contributed by atoms with Crippen molar-refractivity contribution in [2.45, 2.75) is 32.4 Å². The van der Waals surface area contributed by atoms with Crippen LogP contribution in [0, 0.1) is 6.92 Å². The van der Waals surface area contributed by atoms with Crippen molar-refractivity contribution in [2.75, 3.05) is 12.0 Å². The third kappa shape index (κ3) is 2.05. The molecule has 0 fully saturated rings. The van der Waals surface area contributed by atoms with Crippen LogP contribution in [0.4, 0.5) is 5.69 Å². The molecule has 1 aliphatic heterocycles. The Bertz CT molecular complexity index is 635. The van der Waals surface area contributed by atoms with Gasteiger partial charge in [0.25, 0.3) is 5.91 Å². The number of ether oxygens (including phenoxy) is 1. The number of aliphatic hydroxyl groups is 1. The van der Waals surface area contributed by atoms with Crippen molar-refractivity contribution >= 4 is 17.6 Å². The smallest absolute Gasteiger partial charge is 0.336 e. The Labute approximate surface area is 123 Å². The Morgan fingerprint density at radius 3 is 2.57 bits per heavy atom. The van der Waals surface area contributed by atoms with Crippen LogP contribution >= 0.6 is 0 Å². The van der Waals surface area contributed by atoms with Gasteiger partial charge < -0.3 is 14.7 Å². The van der Waals surface area contributed by atoms with Gasteiger partial charge in [-0.25, -0.2) is 4.79 Å². The standard InChI is InChI=1S/C16H19NO4/c1-9(2)17-13-7-6-10(3)8-12(13)16(20,15(17)19)11(4)14(18)21-5/h6-9,20H,4H2,1-3,5H3. The largest absolute Gasteiger partial charge is 0.466 e. The second kappa shape index (κ2) is 5.00. The summed E-state index contributed by atoms with van der Waals surface area (Å²) in [4.78, 5) is 25.9. The Morgan fingerprint density at radius 2 is 2.05 bits per heavy atom. The lowest BCUT2D eigenvalue weighted by molar-refractivity contribution is -0.144. The molecule has 1 unspecified atom stereocenters. The predicted octanol–water partition coefficient (Wildman–Crippen LogP) is 1.67. The van der Waals surface area contributed by atoms with Gasteiger partial charge in [0.05, 0.1) is 18.4 Å². The zero-order chi connectivity index (χ0) is 15.9. The summed E-state index contributed by atoms with van der Waals surface area (Å²) < 4.78 is 4.61. The lowest BCUT2D eigenvalue weighted by Gasteiger charge is -2.26. The first kappa shape index (κ1) is 15.3. The number of esters is 1. The van der Waals surface area contributed by atoms with Crippen molar-refractivity contribution in [3.05, 3.63) is 41.5 Å². The SMILES string of the molecule is C=C(C(=O)OC)C1(O)C(=O)N(C(C)C)c2ccc(C)cc21. The van der Waals surface area contributed by atoms with Crippen molar-refractivity contribution in [1.82, 2.24) is 0 Å². The van der Waals surface area contributed by atoms with E-state index in [0.717, 1.165) is 5.56 Å². The van der Waals surface area contributed by atoms with E-state index in [0.29, 0.717) is 11.3 Å². The minimum absolute atomic E-state index is 0.154. The fourth-order valence-corrected chi connectivity index (χ4v) is 2.62.